The van der Waals surface area contributed by atoms with Crippen LogP contribution >= 0.6 is 0 Å². The van der Waals surface area contributed by atoms with E-state index < -0.39 is 34.6 Å². The van der Waals surface area contributed by atoms with Gasteiger partial charge in [-0.3, -0.25) is 19.9 Å². The SMILES string of the molecule is C=CCO[C@@]12Oc3ccc(OCCN4CC4)cc3[C@H]3[C@H](CCCCO)[C@@H](CCCCO)C=C(C(=NOCc4ccc([N+](=O)[O-])cc4)C[C@@H]1N(Cc1ccc(F)cc1)C(=O)OCC)[C@H]32. The number of non-ortho nitro benzene ring substituents is 1. The van der Waals surface area contributed by atoms with Crippen LogP contribution in [0.1, 0.15) is 74.5 Å². The van der Waals surface area contributed by atoms with Crippen LogP contribution in [0.5, 0.6) is 11.5 Å². The first-order valence-corrected chi connectivity index (χ1v) is 22.2. The number of ether oxygens (including phenoxy) is 4. The van der Waals surface area contributed by atoms with Crippen LogP contribution in [0.2, 0.25) is 0 Å². The van der Waals surface area contributed by atoms with E-state index in [1.807, 2.05) is 12.1 Å². The van der Waals surface area contributed by atoms with Gasteiger partial charge < -0.3 is 34.0 Å². The third kappa shape index (κ3) is 10.7. The number of unbranched alkanes of at least 4 members (excludes halogenated alkanes) is 2. The normalized spacial score (nSPS) is 24.0. The molecular weight excluding hydrogens is 812 g/mol. The largest absolute Gasteiger partial charge is 0.492 e. The standard InChI is InChI=1S/C48H59FN4O10/c1-3-26-61-48-44(52(47(56)59-4-2)31-33-11-15-36(49)16-12-33)30-42(50-62-32-34-13-17-37(18-14-34)53(57)58)40-28-35(9-5-7-24-54)39(10-6-8-25-55)45(46(40)48)41-29-38(19-20-43(41)63-48)60-27-23-51-21-22-51/h3,11-20,28-29,35,39,44-46,54-55H,1,4-10,21-27,30-32H2,2H3/t35-,39+,44-,45+,46+,48+/m0/s1. The predicted octanol–water partition coefficient (Wildman–Crippen LogP) is 7.92. The van der Waals surface area contributed by atoms with Gasteiger partial charge in [0, 0.05) is 69.4 Å². The zero-order chi connectivity index (χ0) is 44.3. The highest BCUT2D eigenvalue weighted by Gasteiger charge is 2.65. The van der Waals surface area contributed by atoms with Crippen molar-refractivity contribution in [2.75, 3.05) is 52.7 Å². The second kappa shape index (κ2) is 21.3. The molecule has 2 aliphatic heterocycles. The molecule has 0 aromatic heterocycles. The number of carbonyl (C=O) groups excluding carboxylic acids is 1. The summed E-state index contributed by atoms with van der Waals surface area (Å²) in [6, 6.07) is 17.1. The van der Waals surface area contributed by atoms with Crippen LogP contribution in [0.3, 0.4) is 0 Å². The molecule has 4 aliphatic rings. The summed E-state index contributed by atoms with van der Waals surface area (Å²) in [5, 5.41) is 36.1. The number of amides is 1. The minimum atomic E-state index is -1.53. The molecule has 14 nitrogen and oxygen atoms in total. The number of benzene rings is 3. The predicted molar refractivity (Wildman–Crippen MR) is 234 cm³/mol. The molecule has 0 radical (unpaired) electrons. The van der Waals surface area contributed by atoms with Crippen LogP contribution in [0, 0.1) is 33.7 Å². The van der Waals surface area contributed by atoms with Crippen LogP contribution < -0.4 is 9.47 Å². The summed E-state index contributed by atoms with van der Waals surface area (Å²) in [7, 11) is 0. The van der Waals surface area contributed by atoms with Gasteiger partial charge in [0.05, 0.1) is 29.8 Å². The van der Waals surface area contributed by atoms with Gasteiger partial charge in [0.2, 0.25) is 5.79 Å². The average molecular weight is 871 g/mol. The fourth-order valence-corrected chi connectivity index (χ4v) is 9.52. The van der Waals surface area contributed by atoms with Gasteiger partial charge in [-0.15, -0.1) is 6.58 Å². The topological polar surface area (TPSA) is 165 Å². The van der Waals surface area contributed by atoms with Gasteiger partial charge >= 0.3 is 6.09 Å². The lowest BCUT2D eigenvalue weighted by molar-refractivity contribution is -0.384. The van der Waals surface area contributed by atoms with Crippen molar-refractivity contribution in [3.8, 4) is 11.5 Å². The number of allylic oxidation sites excluding steroid dienone is 1. The Morgan fingerprint density at radius 3 is 2.46 bits per heavy atom. The van der Waals surface area contributed by atoms with Crippen LogP contribution in [0.15, 0.2) is 96.2 Å². The highest BCUT2D eigenvalue weighted by atomic mass is 19.1. The van der Waals surface area contributed by atoms with E-state index in [-0.39, 0.29) is 69.4 Å². The minimum absolute atomic E-state index is 0.000318. The van der Waals surface area contributed by atoms with Crippen molar-refractivity contribution >= 4 is 17.5 Å². The van der Waals surface area contributed by atoms with Crippen molar-refractivity contribution in [3.05, 3.63) is 124 Å². The molecule has 63 heavy (non-hydrogen) atoms. The summed E-state index contributed by atoms with van der Waals surface area (Å²) in [6.45, 7) is 9.55. The Morgan fingerprint density at radius 1 is 1.05 bits per heavy atom. The Bertz CT molecular complexity index is 2090. The lowest BCUT2D eigenvalue weighted by atomic mass is 9.55. The van der Waals surface area contributed by atoms with Crippen molar-refractivity contribution in [2.24, 2.45) is 22.9 Å². The molecule has 7 rings (SSSR count). The lowest BCUT2D eigenvalue weighted by Gasteiger charge is -2.59. The van der Waals surface area contributed by atoms with E-state index in [4.69, 9.17) is 28.9 Å². The quantitative estimate of drug-likeness (QED) is 0.0313. The number of fused-ring (bicyclic) bond motifs is 2. The fraction of sp³-hybridized carbons (Fsp3) is 0.500. The molecule has 2 fully saturated rings. The van der Waals surface area contributed by atoms with Crippen LogP contribution in [-0.2, 0) is 27.5 Å². The number of hydrogen-bond donors (Lipinski definition) is 2. The monoisotopic (exact) mass is 870 g/mol. The third-order valence-corrected chi connectivity index (χ3v) is 12.6. The maximum atomic E-state index is 14.4. The second-order valence-corrected chi connectivity index (χ2v) is 16.6. The molecule has 338 valence electrons. The van der Waals surface area contributed by atoms with Crippen molar-refractivity contribution in [3.63, 3.8) is 0 Å². The number of rotatable bonds is 23. The van der Waals surface area contributed by atoms with Gasteiger partial charge in [0.25, 0.3) is 5.69 Å². The summed E-state index contributed by atoms with van der Waals surface area (Å²) >= 11 is 0. The van der Waals surface area contributed by atoms with E-state index >= 15 is 0 Å². The van der Waals surface area contributed by atoms with Crippen molar-refractivity contribution in [1.82, 2.24) is 9.80 Å². The first-order chi connectivity index (χ1) is 30.7. The molecule has 1 saturated carbocycles. The third-order valence-electron chi connectivity index (χ3n) is 12.6. The van der Waals surface area contributed by atoms with Gasteiger partial charge in [-0.05, 0) is 104 Å². The molecule has 6 atom stereocenters. The molecule has 2 heterocycles. The van der Waals surface area contributed by atoms with Crippen LogP contribution in [-0.4, -0.2) is 101 Å². The van der Waals surface area contributed by atoms with E-state index in [1.54, 1.807) is 42.2 Å². The van der Waals surface area contributed by atoms with E-state index in [2.05, 4.69) is 23.6 Å². The molecule has 1 amide bonds. The maximum absolute atomic E-state index is 14.4. The molecule has 3 aromatic rings. The van der Waals surface area contributed by atoms with Gasteiger partial charge in [-0.1, -0.05) is 42.3 Å². The van der Waals surface area contributed by atoms with E-state index in [0.717, 1.165) is 56.5 Å². The number of hydrogen-bond acceptors (Lipinski definition) is 12. The summed E-state index contributed by atoms with van der Waals surface area (Å²) in [4.78, 5) is 35.3. The zero-order valence-electron chi connectivity index (χ0n) is 35.9. The van der Waals surface area contributed by atoms with E-state index in [1.165, 1.54) is 24.3 Å². The van der Waals surface area contributed by atoms with Crippen molar-refractivity contribution in [2.45, 2.75) is 82.8 Å². The van der Waals surface area contributed by atoms with Crippen LogP contribution in [0.4, 0.5) is 14.9 Å². The molecule has 0 bridgehead atoms. The number of nitrogens with zero attached hydrogens (tertiary/aromatic N) is 4. The summed E-state index contributed by atoms with van der Waals surface area (Å²) < 4.78 is 40.7. The van der Waals surface area contributed by atoms with Gasteiger partial charge in [0.15, 0.2) is 0 Å². The Labute approximate surface area is 368 Å². The Morgan fingerprint density at radius 2 is 1.78 bits per heavy atom. The number of aliphatic hydroxyl groups excluding tert-OH is 2. The molecule has 0 spiro atoms. The second-order valence-electron chi connectivity index (χ2n) is 16.6. The fourth-order valence-electron chi connectivity index (χ4n) is 9.52. The summed E-state index contributed by atoms with van der Waals surface area (Å²) in [5.74, 6) is -1.48. The molecule has 2 N–H and O–H groups in total. The minimum Gasteiger partial charge on any atom is -0.492 e. The molecule has 2 aliphatic carbocycles. The van der Waals surface area contributed by atoms with Crippen LogP contribution in [0.25, 0.3) is 0 Å². The molecule has 0 unspecified atom stereocenters. The molecule has 1 saturated heterocycles. The Hall–Kier alpha value is -5.35. The first-order valence-electron chi connectivity index (χ1n) is 22.2. The van der Waals surface area contributed by atoms with Crippen molar-refractivity contribution < 1.29 is 48.1 Å². The van der Waals surface area contributed by atoms with Crippen molar-refractivity contribution in [1.29, 1.82) is 0 Å². The number of oxime groups is 1. The highest BCUT2D eigenvalue weighted by molar-refractivity contribution is 6.03. The summed E-state index contributed by atoms with van der Waals surface area (Å²) in [5.41, 5.74) is 3.64. The molecule has 15 heteroatoms. The van der Waals surface area contributed by atoms with Gasteiger partial charge in [-0.25, -0.2) is 9.18 Å². The number of nitro benzene ring substituents is 1. The summed E-state index contributed by atoms with van der Waals surface area (Å²) in [6.07, 6.45) is 7.73. The highest BCUT2D eigenvalue weighted by Crippen LogP contribution is 2.62. The first kappa shape index (κ1) is 45.7. The number of nitro groups is 1. The average Bonchev–Trinajstić information content (AvgIpc) is 4.12. The number of halogens is 1. The van der Waals surface area contributed by atoms with E-state index in [0.29, 0.717) is 47.8 Å². The maximum Gasteiger partial charge on any atom is 0.410 e. The van der Waals surface area contributed by atoms with Gasteiger partial charge in [0.1, 0.15) is 36.6 Å². The molecular formula is C48H59FN4O10. The molecule has 3 aromatic carbocycles. The lowest BCUT2D eigenvalue weighted by Crippen LogP contribution is -2.70. The van der Waals surface area contributed by atoms with E-state index in [9.17, 15) is 29.5 Å². The Kier molecular flexibility index (Phi) is 15.5. The number of aliphatic hydroxyl groups is 2. The number of carbonyl (C=O) groups is 1. The smallest absolute Gasteiger partial charge is 0.410 e. The van der Waals surface area contributed by atoms with Gasteiger partial charge in [-0.2, -0.15) is 0 Å². The zero-order valence-corrected chi connectivity index (χ0v) is 35.9. The Balaban J connectivity index is 1.41.